The van der Waals surface area contributed by atoms with E-state index in [1.165, 1.54) is 5.39 Å². The van der Waals surface area contributed by atoms with Crippen molar-refractivity contribution in [2.24, 2.45) is 0 Å². The number of benzene rings is 1. The molecule has 25 heavy (non-hydrogen) atoms. The molecule has 0 atom stereocenters. The van der Waals surface area contributed by atoms with Crippen molar-refractivity contribution in [1.29, 1.82) is 0 Å². The highest BCUT2D eigenvalue weighted by atomic mass is 16.7. The van der Waals surface area contributed by atoms with Gasteiger partial charge in [0.15, 0.2) is 0 Å². The number of piperazine rings is 1. The lowest BCUT2D eigenvalue weighted by Crippen LogP contribution is -2.44. The Bertz CT molecular complexity index is 771. The number of nitrogens with zero attached hydrogens (tertiary/aromatic N) is 2. The van der Waals surface area contributed by atoms with Crippen LogP contribution in [0.1, 0.15) is 27.7 Å². The maximum Gasteiger partial charge on any atom is 0.494 e. The first-order valence-electron chi connectivity index (χ1n) is 9.07. The van der Waals surface area contributed by atoms with Gasteiger partial charge >= 0.3 is 7.12 Å². The van der Waals surface area contributed by atoms with Gasteiger partial charge in [-0.2, -0.15) is 0 Å². The molecule has 132 valence electrons. The third kappa shape index (κ3) is 2.92. The second-order valence-corrected chi connectivity index (χ2v) is 7.94. The third-order valence-corrected chi connectivity index (χ3v) is 5.71. The Labute approximate surface area is 149 Å². The van der Waals surface area contributed by atoms with Crippen LogP contribution < -0.4 is 15.7 Å². The smallest absolute Gasteiger partial charge is 0.399 e. The van der Waals surface area contributed by atoms with E-state index >= 15 is 0 Å². The molecule has 0 amide bonds. The van der Waals surface area contributed by atoms with E-state index in [0.717, 1.165) is 42.8 Å². The fourth-order valence-electron chi connectivity index (χ4n) is 3.42. The normalized spacial score (nSPS) is 22.6. The number of pyridine rings is 1. The highest BCUT2D eigenvalue weighted by molar-refractivity contribution is 6.62. The van der Waals surface area contributed by atoms with Gasteiger partial charge in [0, 0.05) is 37.8 Å². The molecule has 5 nitrogen and oxygen atoms in total. The van der Waals surface area contributed by atoms with Crippen molar-refractivity contribution in [2.75, 3.05) is 31.1 Å². The zero-order valence-corrected chi connectivity index (χ0v) is 15.5. The summed E-state index contributed by atoms with van der Waals surface area (Å²) in [6, 6.07) is 8.49. The molecular formula is C19H26BN3O2. The molecule has 2 saturated heterocycles. The van der Waals surface area contributed by atoms with E-state index in [-0.39, 0.29) is 18.3 Å². The monoisotopic (exact) mass is 339 g/mol. The number of anilines is 1. The molecule has 3 heterocycles. The molecule has 0 unspecified atom stereocenters. The van der Waals surface area contributed by atoms with E-state index in [9.17, 15) is 0 Å². The number of nitrogens with one attached hydrogen (secondary N) is 1. The molecule has 1 aromatic heterocycles. The predicted octanol–water partition coefficient (Wildman–Crippen LogP) is 1.94. The summed E-state index contributed by atoms with van der Waals surface area (Å²) in [5.41, 5.74) is 0.391. The van der Waals surface area contributed by atoms with Crippen molar-refractivity contribution in [3.05, 3.63) is 30.5 Å². The molecule has 2 aliphatic rings. The summed E-state index contributed by atoms with van der Waals surface area (Å²) in [6.07, 6.45) is 1.90. The van der Waals surface area contributed by atoms with E-state index in [1.54, 1.807) is 0 Å². The zero-order chi connectivity index (χ0) is 17.7. The number of aromatic nitrogens is 1. The summed E-state index contributed by atoms with van der Waals surface area (Å²) in [5.74, 6) is 1.05. The van der Waals surface area contributed by atoms with Crippen LogP contribution in [0.15, 0.2) is 30.5 Å². The minimum atomic E-state index is -0.342. The first-order valence-corrected chi connectivity index (χ1v) is 9.07. The molecule has 4 rings (SSSR count). The lowest BCUT2D eigenvalue weighted by Gasteiger charge is -2.32. The molecule has 1 aromatic carbocycles. The largest absolute Gasteiger partial charge is 0.494 e. The van der Waals surface area contributed by atoms with Gasteiger partial charge in [-0.3, -0.25) is 0 Å². The summed E-state index contributed by atoms with van der Waals surface area (Å²) >= 11 is 0. The molecule has 2 aromatic rings. The molecule has 6 heteroatoms. The highest BCUT2D eigenvalue weighted by Gasteiger charge is 2.51. The number of hydrogen-bond acceptors (Lipinski definition) is 5. The Hall–Kier alpha value is -1.63. The molecule has 2 aliphatic heterocycles. The quantitative estimate of drug-likeness (QED) is 0.848. The number of fused-ring (bicyclic) bond motifs is 1. The van der Waals surface area contributed by atoms with Crippen LogP contribution in [0.5, 0.6) is 0 Å². The van der Waals surface area contributed by atoms with Gasteiger partial charge in [-0.05, 0) is 44.6 Å². The van der Waals surface area contributed by atoms with Crippen molar-refractivity contribution in [1.82, 2.24) is 10.3 Å². The Morgan fingerprint density at radius 2 is 1.72 bits per heavy atom. The van der Waals surface area contributed by atoms with E-state index in [2.05, 4.69) is 67.2 Å². The Morgan fingerprint density at radius 1 is 1.04 bits per heavy atom. The molecule has 1 N–H and O–H groups in total. The molecule has 0 radical (unpaired) electrons. The lowest BCUT2D eigenvalue weighted by molar-refractivity contribution is 0.00578. The first-order chi connectivity index (χ1) is 11.9. The fraction of sp³-hybridized carbons (Fsp3) is 0.526. The van der Waals surface area contributed by atoms with Crippen LogP contribution >= 0.6 is 0 Å². The second kappa shape index (κ2) is 5.97. The van der Waals surface area contributed by atoms with Crippen LogP contribution in [0.3, 0.4) is 0 Å². The molecule has 0 aliphatic carbocycles. The lowest BCUT2D eigenvalue weighted by atomic mass is 9.78. The summed E-state index contributed by atoms with van der Waals surface area (Å²) in [6.45, 7) is 12.3. The zero-order valence-electron chi connectivity index (χ0n) is 15.5. The van der Waals surface area contributed by atoms with Crippen LogP contribution in [0.25, 0.3) is 10.8 Å². The SMILES string of the molecule is CC1(C)OB(c2ccc3ccnc(N4CCNCC4)c3c2)OC1(C)C. The third-order valence-electron chi connectivity index (χ3n) is 5.71. The number of rotatable bonds is 2. The minimum absolute atomic E-state index is 0.330. The van der Waals surface area contributed by atoms with Gasteiger partial charge in [-0.25, -0.2) is 4.98 Å². The van der Waals surface area contributed by atoms with Crippen LogP contribution in [-0.4, -0.2) is 49.5 Å². The van der Waals surface area contributed by atoms with E-state index in [1.807, 2.05) is 6.20 Å². The Balaban J connectivity index is 1.72. The standard InChI is InChI=1S/C19H26BN3O2/c1-18(2)19(3,4)25-20(24-18)15-6-5-14-7-8-22-17(16(14)13-15)23-11-9-21-10-12-23/h5-8,13,21H,9-12H2,1-4H3. The topological polar surface area (TPSA) is 46.6 Å². The summed E-state index contributed by atoms with van der Waals surface area (Å²) < 4.78 is 12.4. The molecule has 0 bridgehead atoms. The van der Waals surface area contributed by atoms with Gasteiger partial charge in [0.25, 0.3) is 0 Å². The maximum absolute atomic E-state index is 6.22. The van der Waals surface area contributed by atoms with Crippen LogP contribution in [0.2, 0.25) is 0 Å². The van der Waals surface area contributed by atoms with Crippen molar-refractivity contribution >= 4 is 29.2 Å². The molecule has 0 spiro atoms. The van der Waals surface area contributed by atoms with Gasteiger partial charge < -0.3 is 19.5 Å². The van der Waals surface area contributed by atoms with Crippen molar-refractivity contribution < 1.29 is 9.31 Å². The van der Waals surface area contributed by atoms with Crippen LogP contribution in [-0.2, 0) is 9.31 Å². The van der Waals surface area contributed by atoms with Gasteiger partial charge in [0.2, 0.25) is 0 Å². The van der Waals surface area contributed by atoms with Crippen LogP contribution in [0.4, 0.5) is 5.82 Å². The average molecular weight is 339 g/mol. The predicted molar refractivity (Wildman–Crippen MR) is 103 cm³/mol. The molecular weight excluding hydrogens is 313 g/mol. The van der Waals surface area contributed by atoms with Crippen molar-refractivity contribution in [2.45, 2.75) is 38.9 Å². The first kappa shape index (κ1) is 16.8. The van der Waals surface area contributed by atoms with Gasteiger partial charge in [0.05, 0.1) is 11.2 Å². The fourth-order valence-corrected chi connectivity index (χ4v) is 3.42. The summed E-state index contributed by atoms with van der Waals surface area (Å²) in [4.78, 5) is 7.03. The van der Waals surface area contributed by atoms with Gasteiger partial charge in [-0.15, -0.1) is 0 Å². The Morgan fingerprint density at radius 3 is 2.40 bits per heavy atom. The van der Waals surface area contributed by atoms with Crippen LogP contribution in [0, 0.1) is 0 Å². The van der Waals surface area contributed by atoms with E-state index in [0.29, 0.717) is 0 Å². The number of hydrogen-bond donors (Lipinski definition) is 1. The van der Waals surface area contributed by atoms with Crippen molar-refractivity contribution in [3.63, 3.8) is 0 Å². The minimum Gasteiger partial charge on any atom is -0.399 e. The highest BCUT2D eigenvalue weighted by Crippen LogP contribution is 2.36. The van der Waals surface area contributed by atoms with Crippen molar-refractivity contribution in [3.8, 4) is 0 Å². The molecule has 0 saturated carbocycles. The second-order valence-electron chi connectivity index (χ2n) is 7.94. The van der Waals surface area contributed by atoms with Gasteiger partial charge in [0.1, 0.15) is 5.82 Å². The van der Waals surface area contributed by atoms with E-state index < -0.39 is 0 Å². The van der Waals surface area contributed by atoms with E-state index in [4.69, 9.17) is 9.31 Å². The summed E-state index contributed by atoms with van der Waals surface area (Å²) in [5, 5.41) is 5.76. The summed E-state index contributed by atoms with van der Waals surface area (Å²) in [7, 11) is -0.342. The maximum atomic E-state index is 6.22. The Kier molecular flexibility index (Phi) is 4.02. The molecule has 2 fully saturated rings. The van der Waals surface area contributed by atoms with Gasteiger partial charge in [-0.1, -0.05) is 18.2 Å². The average Bonchev–Trinajstić information content (AvgIpc) is 2.82.